The summed E-state index contributed by atoms with van der Waals surface area (Å²) in [5, 5.41) is 3.55. The van der Waals surface area contributed by atoms with E-state index in [2.05, 4.69) is 31.5 Å². The SMILES string of the molecule is C[N+](C)(c1ccc(NC(=O)c2cccc(Cl)c2Cl)cc1)C1CCCCC1. The highest BCUT2D eigenvalue weighted by molar-refractivity contribution is 6.44. The number of benzene rings is 2. The third kappa shape index (κ3) is 4.06. The summed E-state index contributed by atoms with van der Waals surface area (Å²) in [5.74, 6) is -0.258. The van der Waals surface area contributed by atoms with E-state index in [-0.39, 0.29) is 10.9 Å². The Kier molecular flexibility index (Phi) is 5.91. The number of nitrogens with one attached hydrogen (secondary N) is 1. The second-order valence-corrected chi connectivity index (χ2v) is 8.22. The summed E-state index contributed by atoms with van der Waals surface area (Å²) >= 11 is 12.1. The minimum atomic E-state index is -0.258. The van der Waals surface area contributed by atoms with Crippen LogP contribution in [0.15, 0.2) is 42.5 Å². The molecule has 5 heteroatoms. The maximum absolute atomic E-state index is 12.5. The second-order valence-electron chi connectivity index (χ2n) is 7.43. The van der Waals surface area contributed by atoms with Gasteiger partial charge in [-0.15, -0.1) is 0 Å². The van der Waals surface area contributed by atoms with E-state index in [1.165, 1.54) is 37.8 Å². The largest absolute Gasteiger partial charge is 0.322 e. The van der Waals surface area contributed by atoms with E-state index in [0.717, 1.165) is 10.2 Å². The van der Waals surface area contributed by atoms with Gasteiger partial charge in [-0.2, -0.15) is 0 Å². The van der Waals surface area contributed by atoms with Gasteiger partial charge < -0.3 is 5.32 Å². The predicted molar refractivity (Wildman–Crippen MR) is 111 cm³/mol. The Morgan fingerprint density at radius 1 is 1.00 bits per heavy atom. The molecule has 1 amide bonds. The lowest BCUT2D eigenvalue weighted by Crippen LogP contribution is -2.50. The fourth-order valence-electron chi connectivity index (χ4n) is 3.74. The molecule has 2 aromatic carbocycles. The molecule has 0 unspecified atom stereocenters. The smallest absolute Gasteiger partial charge is 0.257 e. The topological polar surface area (TPSA) is 29.1 Å². The van der Waals surface area contributed by atoms with Crippen molar-refractivity contribution in [1.29, 1.82) is 0 Å². The molecular weight excluding hydrogens is 367 g/mol. The molecule has 1 N–H and O–H groups in total. The number of carbonyl (C=O) groups is 1. The zero-order chi connectivity index (χ0) is 18.7. The molecule has 0 heterocycles. The minimum Gasteiger partial charge on any atom is -0.322 e. The van der Waals surface area contributed by atoms with Crippen LogP contribution < -0.4 is 9.80 Å². The number of carbonyl (C=O) groups excluding carboxylic acids is 1. The van der Waals surface area contributed by atoms with Gasteiger partial charge in [-0.05, 0) is 49.9 Å². The number of quaternary nitrogens is 1. The third-order valence-electron chi connectivity index (χ3n) is 5.47. The molecular formula is C21H25Cl2N2O+. The average Bonchev–Trinajstić information content (AvgIpc) is 2.65. The lowest BCUT2D eigenvalue weighted by molar-refractivity contribution is 0.102. The normalized spacial score (nSPS) is 15.7. The first-order chi connectivity index (χ1) is 12.4. The van der Waals surface area contributed by atoms with Gasteiger partial charge in [0.1, 0.15) is 5.69 Å². The Morgan fingerprint density at radius 3 is 2.31 bits per heavy atom. The quantitative estimate of drug-likeness (QED) is 0.622. The second kappa shape index (κ2) is 7.99. The molecule has 0 saturated heterocycles. The van der Waals surface area contributed by atoms with Crippen molar-refractivity contribution >= 4 is 40.5 Å². The summed E-state index contributed by atoms with van der Waals surface area (Å²) in [6, 6.07) is 13.8. The average molecular weight is 392 g/mol. The fourth-order valence-corrected chi connectivity index (χ4v) is 4.13. The van der Waals surface area contributed by atoms with Crippen molar-refractivity contribution < 1.29 is 4.79 Å². The summed E-state index contributed by atoms with van der Waals surface area (Å²) in [5.41, 5.74) is 2.38. The van der Waals surface area contributed by atoms with Crippen molar-refractivity contribution in [2.24, 2.45) is 0 Å². The van der Waals surface area contributed by atoms with Gasteiger partial charge in [-0.3, -0.25) is 9.28 Å². The summed E-state index contributed by atoms with van der Waals surface area (Å²) in [7, 11) is 4.55. The highest BCUT2D eigenvalue weighted by atomic mass is 35.5. The Bertz CT molecular complexity index is 781. The zero-order valence-electron chi connectivity index (χ0n) is 15.3. The van der Waals surface area contributed by atoms with Gasteiger partial charge in [0, 0.05) is 17.8 Å². The van der Waals surface area contributed by atoms with Gasteiger partial charge in [0.25, 0.3) is 5.91 Å². The van der Waals surface area contributed by atoms with Gasteiger partial charge >= 0.3 is 0 Å². The number of halogens is 2. The monoisotopic (exact) mass is 391 g/mol. The van der Waals surface area contributed by atoms with Crippen LogP contribution in [0.25, 0.3) is 0 Å². The molecule has 0 bridgehead atoms. The number of amides is 1. The van der Waals surface area contributed by atoms with Crippen molar-refractivity contribution in [2.45, 2.75) is 38.1 Å². The first-order valence-electron chi connectivity index (χ1n) is 9.09. The third-order valence-corrected chi connectivity index (χ3v) is 6.29. The van der Waals surface area contributed by atoms with Crippen LogP contribution in [0.4, 0.5) is 11.4 Å². The molecule has 0 aromatic heterocycles. The molecule has 0 radical (unpaired) electrons. The molecule has 1 aliphatic carbocycles. The molecule has 1 saturated carbocycles. The van der Waals surface area contributed by atoms with Gasteiger partial charge in [-0.25, -0.2) is 0 Å². The molecule has 0 atom stereocenters. The Labute approximate surface area is 165 Å². The van der Waals surface area contributed by atoms with E-state index in [1.807, 2.05) is 12.1 Å². The highest BCUT2D eigenvalue weighted by Gasteiger charge is 2.31. The molecule has 0 spiro atoms. The lowest BCUT2D eigenvalue weighted by atomic mass is 9.92. The number of anilines is 1. The maximum atomic E-state index is 12.5. The maximum Gasteiger partial charge on any atom is 0.257 e. The summed E-state index contributed by atoms with van der Waals surface area (Å²) in [6.07, 6.45) is 6.55. The lowest BCUT2D eigenvalue weighted by Gasteiger charge is -2.39. The van der Waals surface area contributed by atoms with Crippen LogP contribution in [-0.2, 0) is 0 Å². The van der Waals surface area contributed by atoms with Crippen LogP contribution >= 0.6 is 23.2 Å². The van der Waals surface area contributed by atoms with E-state index in [0.29, 0.717) is 16.6 Å². The van der Waals surface area contributed by atoms with Crippen molar-refractivity contribution in [2.75, 3.05) is 19.4 Å². The van der Waals surface area contributed by atoms with Crippen LogP contribution in [-0.4, -0.2) is 26.0 Å². The van der Waals surface area contributed by atoms with Crippen LogP contribution in [0.3, 0.4) is 0 Å². The van der Waals surface area contributed by atoms with Crippen molar-refractivity contribution in [3.63, 3.8) is 0 Å². The van der Waals surface area contributed by atoms with Crippen molar-refractivity contribution in [3.05, 3.63) is 58.1 Å². The first kappa shape index (κ1) is 19.2. The summed E-state index contributed by atoms with van der Waals surface area (Å²) in [6.45, 7) is 0. The van der Waals surface area contributed by atoms with Crippen molar-refractivity contribution in [1.82, 2.24) is 4.48 Å². The molecule has 26 heavy (non-hydrogen) atoms. The van der Waals surface area contributed by atoms with Crippen LogP contribution in [0, 0.1) is 0 Å². The molecule has 1 fully saturated rings. The molecule has 138 valence electrons. The van der Waals surface area contributed by atoms with Crippen molar-refractivity contribution in [3.8, 4) is 0 Å². The first-order valence-corrected chi connectivity index (χ1v) is 9.85. The van der Waals surface area contributed by atoms with E-state index < -0.39 is 0 Å². The van der Waals surface area contributed by atoms with Gasteiger partial charge in [0.05, 0.1) is 35.7 Å². The Balaban J connectivity index is 1.73. The number of nitrogens with zero attached hydrogens (tertiary/aromatic N) is 1. The Morgan fingerprint density at radius 2 is 1.65 bits per heavy atom. The fraction of sp³-hybridized carbons (Fsp3) is 0.381. The van der Waals surface area contributed by atoms with Gasteiger partial charge in [0.15, 0.2) is 0 Å². The minimum absolute atomic E-state index is 0.258. The van der Waals surface area contributed by atoms with Crippen LogP contribution in [0.1, 0.15) is 42.5 Å². The zero-order valence-corrected chi connectivity index (χ0v) is 16.8. The van der Waals surface area contributed by atoms with E-state index in [4.69, 9.17) is 23.2 Å². The number of rotatable bonds is 4. The molecule has 3 rings (SSSR count). The summed E-state index contributed by atoms with van der Waals surface area (Å²) < 4.78 is 0.883. The van der Waals surface area contributed by atoms with Gasteiger partial charge in [0.2, 0.25) is 0 Å². The van der Waals surface area contributed by atoms with E-state index >= 15 is 0 Å². The number of hydrogen-bond donors (Lipinski definition) is 1. The molecule has 0 aliphatic heterocycles. The Hall–Kier alpha value is -1.55. The molecule has 1 aliphatic rings. The van der Waals surface area contributed by atoms with E-state index in [9.17, 15) is 4.79 Å². The number of hydrogen-bond acceptors (Lipinski definition) is 1. The van der Waals surface area contributed by atoms with Crippen LogP contribution in [0.2, 0.25) is 10.0 Å². The van der Waals surface area contributed by atoms with Crippen LogP contribution in [0.5, 0.6) is 0 Å². The standard InChI is InChI=1S/C21H24Cl2N2O/c1-25(2,16-7-4-3-5-8-16)17-13-11-15(12-14-17)24-21(26)18-9-6-10-19(22)20(18)23/h6,9-14,16H,3-5,7-8H2,1-2H3/p+1. The molecule has 3 nitrogen and oxygen atoms in total. The van der Waals surface area contributed by atoms with E-state index in [1.54, 1.807) is 18.2 Å². The highest BCUT2D eigenvalue weighted by Crippen LogP contribution is 2.32. The summed E-state index contributed by atoms with van der Waals surface area (Å²) in [4.78, 5) is 12.5. The molecule has 2 aromatic rings. The van der Waals surface area contributed by atoms with Gasteiger partial charge in [-0.1, -0.05) is 35.7 Å². The predicted octanol–water partition coefficient (Wildman–Crippen LogP) is 6.15.